The molecule has 122 valence electrons. The van der Waals surface area contributed by atoms with Crippen molar-refractivity contribution in [2.24, 2.45) is 5.92 Å². The van der Waals surface area contributed by atoms with E-state index in [1.807, 2.05) is 6.07 Å². The highest BCUT2D eigenvalue weighted by Crippen LogP contribution is 2.25. The minimum Gasteiger partial charge on any atom is -0.371 e. The number of hydrogen-bond donors (Lipinski definition) is 1. The fourth-order valence-electron chi connectivity index (χ4n) is 2.82. The lowest BCUT2D eigenvalue weighted by atomic mass is 10.1. The van der Waals surface area contributed by atoms with E-state index >= 15 is 0 Å². The van der Waals surface area contributed by atoms with Crippen LogP contribution in [-0.2, 0) is 11.3 Å². The van der Waals surface area contributed by atoms with Crippen molar-refractivity contribution >= 4 is 27.5 Å². The van der Waals surface area contributed by atoms with E-state index in [0.717, 1.165) is 30.5 Å². The first-order valence-corrected chi connectivity index (χ1v) is 8.59. The van der Waals surface area contributed by atoms with Gasteiger partial charge in [-0.05, 0) is 30.5 Å². The molecule has 0 radical (unpaired) electrons. The first-order valence-electron chi connectivity index (χ1n) is 7.80. The van der Waals surface area contributed by atoms with Crippen molar-refractivity contribution in [1.29, 1.82) is 0 Å². The van der Waals surface area contributed by atoms with E-state index in [2.05, 4.69) is 54.4 Å². The molecular formula is C16H20BrN5O. The molecule has 23 heavy (non-hydrogen) atoms. The monoisotopic (exact) mass is 377 g/mol. The van der Waals surface area contributed by atoms with Gasteiger partial charge in [-0.2, -0.15) is 5.10 Å². The van der Waals surface area contributed by atoms with Gasteiger partial charge in [-0.25, -0.2) is 4.98 Å². The lowest BCUT2D eigenvalue weighted by Gasteiger charge is -2.19. The molecule has 2 aromatic rings. The normalized spacial score (nSPS) is 17.4. The Kier molecular flexibility index (Phi) is 5.27. The number of rotatable bonds is 6. The second kappa shape index (κ2) is 7.59. The molecule has 0 saturated carbocycles. The molecule has 1 saturated heterocycles. The van der Waals surface area contributed by atoms with Crippen LogP contribution >= 0.6 is 15.9 Å². The molecule has 1 atom stereocenters. The molecule has 1 aliphatic rings. The van der Waals surface area contributed by atoms with E-state index in [1.165, 1.54) is 12.0 Å². The number of carbonyl (C=O) groups excluding carboxylic acids is 1. The average Bonchev–Trinajstić information content (AvgIpc) is 3.22. The van der Waals surface area contributed by atoms with Crippen molar-refractivity contribution in [3.8, 4) is 0 Å². The number of hydrogen-bond acceptors (Lipinski definition) is 4. The van der Waals surface area contributed by atoms with Crippen molar-refractivity contribution in [3.05, 3.63) is 41.4 Å². The molecule has 1 aromatic heterocycles. The van der Waals surface area contributed by atoms with Gasteiger partial charge in [0.1, 0.15) is 12.7 Å². The highest BCUT2D eigenvalue weighted by molar-refractivity contribution is 9.10. The Labute approximate surface area is 144 Å². The van der Waals surface area contributed by atoms with Gasteiger partial charge >= 0.3 is 0 Å². The number of nitrogens with zero attached hydrogens (tertiary/aromatic N) is 4. The van der Waals surface area contributed by atoms with Gasteiger partial charge in [0.25, 0.3) is 0 Å². The van der Waals surface area contributed by atoms with Crippen LogP contribution in [0.3, 0.4) is 0 Å². The quantitative estimate of drug-likeness (QED) is 0.836. The predicted molar refractivity (Wildman–Crippen MR) is 92.1 cm³/mol. The number of halogens is 1. The Morgan fingerprint density at radius 3 is 3.13 bits per heavy atom. The summed E-state index contributed by atoms with van der Waals surface area (Å²) < 4.78 is 2.77. The van der Waals surface area contributed by atoms with Gasteiger partial charge in [0.05, 0.1) is 6.54 Å². The third-order valence-electron chi connectivity index (χ3n) is 4.08. The van der Waals surface area contributed by atoms with Crippen molar-refractivity contribution in [1.82, 2.24) is 20.1 Å². The van der Waals surface area contributed by atoms with Crippen LogP contribution in [0.5, 0.6) is 0 Å². The van der Waals surface area contributed by atoms with Crippen LogP contribution < -0.4 is 10.2 Å². The molecule has 7 heteroatoms. The van der Waals surface area contributed by atoms with Gasteiger partial charge in [-0.15, -0.1) is 0 Å². The van der Waals surface area contributed by atoms with Gasteiger partial charge < -0.3 is 10.2 Å². The Bertz CT molecular complexity index is 646. The maximum atomic E-state index is 11.9. The van der Waals surface area contributed by atoms with Gasteiger partial charge in [0.2, 0.25) is 5.91 Å². The second-order valence-electron chi connectivity index (χ2n) is 5.79. The van der Waals surface area contributed by atoms with Crippen molar-refractivity contribution in [2.75, 3.05) is 24.5 Å². The largest absolute Gasteiger partial charge is 0.371 e. The van der Waals surface area contributed by atoms with E-state index in [4.69, 9.17) is 0 Å². The first-order chi connectivity index (χ1) is 11.2. The lowest BCUT2D eigenvalue weighted by molar-refractivity contribution is -0.121. The summed E-state index contributed by atoms with van der Waals surface area (Å²) in [5.74, 6) is 0.575. The third kappa shape index (κ3) is 4.54. The zero-order chi connectivity index (χ0) is 16.1. The van der Waals surface area contributed by atoms with Gasteiger partial charge in [0, 0.05) is 36.2 Å². The molecule has 1 N–H and O–H groups in total. The number of anilines is 1. The fourth-order valence-corrected chi connectivity index (χ4v) is 3.20. The molecule has 0 aliphatic carbocycles. The summed E-state index contributed by atoms with van der Waals surface area (Å²) in [7, 11) is 0. The fraction of sp³-hybridized carbons (Fsp3) is 0.438. The maximum Gasteiger partial charge on any atom is 0.221 e. The summed E-state index contributed by atoms with van der Waals surface area (Å²) in [6.07, 6.45) is 4.65. The molecule has 1 aliphatic heterocycles. The summed E-state index contributed by atoms with van der Waals surface area (Å²) in [5.41, 5.74) is 1.24. The summed E-state index contributed by atoms with van der Waals surface area (Å²) >= 11 is 3.51. The van der Waals surface area contributed by atoms with Gasteiger partial charge in [-0.1, -0.05) is 22.0 Å². The highest BCUT2D eigenvalue weighted by Gasteiger charge is 2.23. The molecular weight excluding hydrogens is 358 g/mol. The SMILES string of the molecule is O=C(CCn1cncn1)NC[C@H]1CCN(c2cccc(Br)c2)C1. The van der Waals surface area contributed by atoms with E-state index in [9.17, 15) is 4.79 Å². The number of nitrogens with one attached hydrogen (secondary N) is 1. The zero-order valence-corrected chi connectivity index (χ0v) is 14.4. The van der Waals surface area contributed by atoms with Gasteiger partial charge in [-0.3, -0.25) is 9.48 Å². The second-order valence-corrected chi connectivity index (χ2v) is 6.71. The number of aromatic nitrogens is 3. The van der Waals surface area contributed by atoms with Crippen LogP contribution in [0, 0.1) is 5.92 Å². The van der Waals surface area contributed by atoms with Crippen LogP contribution in [0.2, 0.25) is 0 Å². The Morgan fingerprint density at radius 2 is 2.35 bits per heavy atom. The van der Waals surface area contributed by atoms with Crippen LogP contribution in [0.1, 0.15) is 12.8 Å². The average molecular weight is 378 g/mol. The van der Waals surface area contributed by atoms with E-state index in [0.29, 0.717) is 18.9 Å². The molecule has 0 unspecified atom stereocenters. The number of amides is 1. The third-order valence-corrected chi connectivity index (χ3v) is 4.57. The molecule has 1 aromatic carbocycles. The van der Waals surface area contributed by atoms with E-state index < -0.39 is 0 Å². The zero-order valence-electron chi connectivity index (χ0n) is 12.9. The van der Waals surface area contributed by atoms with Crippen molar-refractivity contribution in [2.45, 2.75) is 19.4 Å². The minimum atomic E-state index is 0.0707. The van der Waals surface area contributed by atoms with Crippen LogP contribution in [-0.4, -0.2) is 40.3 Å². The topological polar surface area (TPSA) is 63.1 Å². The molecule has 0 spiro atoms. The Morgan fingerprint density at radius 1 is 1.43 bits per heavy atom. The number of aryl methyl sites for hydroxylation is 1. The van der Waals surface area contributed by atoms with E-state index in [-0.39, 0.29) is 5.91 Å². The summed E-state index contributed by atoms with van der Waals surface area (Å²) in [5, 5.41) is 7.03. The summed E-state index contributed by atoms with van der Waals surface area (Å²) in [6, 6.07) is 8.36. The predicted octanol–water partition coefficient (Wildman–Crippen LogP) is 2.07. The smallest absolute Gasteiger partial charge is 0.221 e. The standard InChI is InChI=1S/C16H20BrN5O/c17-14-2-1-3-15(8-14)21-6-4-13(10-21)9-19-16(23)5-7-22-12-18-11-20-22/h1-3,8,11-13H,4-7,9-10H2,(H,19,23)/t13-/m1/s1. The summed E-state index contributed by atoms with van der Waals surface area (Å²) in [4.78, 5) is 18.1. The molecule has 6 nitrogen and oxygen atoms in total. The summed E-state index contributed by atoms with van der Waals surface area (Å²) in [6.45, 7) is 3.33. The first kappa shape index (κ1) is 16.0. The molecule has 0 bridgehead atoms. The Balaban J connectivity index is 1.40. The molecule has 1 fully saturated rings. The molecule has 1 amide bonds. The van der Waals surface area contributed by atoms with Crippen LogP contribution in [0.25, 0.3) is 0 Å². The van der Waals surface area contributed by atoms with Crippen LogP contribution in [0.15, 0.2) is 41.4 Å². The lowest BCUT2D eigenvalue weighted by Crippen LogP contribution is -2.31. The number of benzene rings is 1. The highest BCUT2D eigenvalue weighted by atomic mass is 79.9. The van der Waals surface area contributed by atoms with Crippen molar-refractivity contribution < 1.29 is 4.79 Å². The maximum absolute atomic E-state index is 11.9. The van der Waals surface area contributed by atoms with Crippen molar-refractivity contribution in [3.63, 3.8) is 0 Å². The molecule has 3 rings (SSSR count). The van der Waals surface area contributed by atoms with Gasteiger partial charge in [0.15, 0.2) is 0 Å². The van der Waals surface area contributed by atoms with Crippen LogP contribution in [0.4, 0.5) is 5.69 Å². The molecule has 2 heterocycles. The number of carbonyl (C=O) groups is 1. The minimum absolute atomic E-state index is 0.0707. The van der Waals surface area contributed by atoms with E-state index in [1.54, 1.807) is 11.0 Å². The Hall–Kier alpha value is -1.89.